The SMILES string of the molecule is CCCCCCCCCCCCNC(CC)(CC)P(=O)(O)O. The highest BCUT2D eigenvalue weighted by Crippen LogP contribution is 2.52. The van der Waals surface area contributed by atoms with E-state index < -0.39 is 12.9 Å². The van der Waals surface area contributed by atoms with Crippen LogP contribution >= 0.6 is 7.60 Å². The number of rotatable bonds is 15. The Hall–Kier alpha value is 0.110. The lowest BCUT2D eigenvalue weighted by Crippen LogP contribution is -2.44. The molecule has 0 amide bonds. The minimum atomic E-state index is -4.10. The molecular weight excluding hydrogens is 297 g/mol. The molecule has 0 radical (unpaired) electrons. The molecule has 3 N–H and O–H groups in total. The van der Waals surface area contributed by atoms with Crippen molar-refractivity contribution < 1.29 is 14.4 Å². The zero-order chi connectivity index (χ0) is 16.9. The van der Waals surface area contributed by atoms with Crippen molar-refractivity contribution >= 4 is 7.60 Å². The molecule has 0 rings (SSSR count). The van der Waals surface area contributed by atoms with Crippen molar-refractivity contribution in [1.29, 1.82) is 0 Å². The van der Waals surface area contributed by atoms with Crippen molar-refractivity contribution in [2.45, 2.75) is 103 Å². The number of hydrogen-bond acceptors (Lipinski definition) is 2. The fraction of sp³-hybridized carbons (Fsp3) is 1.00. The Morgan fingerprint density at radius 3 is 1.55 bits per heavy atom. The van der Waals surface area contributed by atoms with Crippen LogP contribution in [0, 0.1) is 0 Å². The van der Waals surface area contributed by atoms with Crippen molar-refractivity contribution in [1.82, 2.24) is 5.32 Å². The highest BCUT2D eigenvalue weighted by Gasteiger charge is 2.42. The molecule has 134 valence electrons. The Morgan fingerprint density at radius 2 is 1.18 bits per heavy atom. The average molecular weight is 335 g/mol. The van der Waals surface area contributed by atoms with Gasteiger partial charge in [0.15, 0.2) is 0 Å². The van der Waals surface area contributed by atoms with Gasteiger partial charge in [0.25, 0.3) is 0 Å². The molecule has 0 aliphatic rings. The molecule has 0 aliphatic carbocycles. The van der Waals surface area contributed by atoms with E-state index in [1.54, 1.807) is 0 Å². The third-order valence-electron chi connectivity index (χ3n) is 4.71. The van der Waals surface area contributed by atoms with Gasteiger partial charge in [-0.2, -0.15) is 0 Å². The molecule has 0 spiro atoms. The Labute approximate surface area is 137 Å². The summed E-state index contributed by atoms with van der Waals surface area (Å²) in [6, 6.07) is 0. The minimum Gasteiger partial charge on any atom is -0.323 e. The lowest BCUT2D eigenvalue weighted by atomic mass is 10.1. The van der Waals surface area contributed by atoms with Crippen molar-refractivity contribution in [3.05, 3.63) is 0 Å². The minimum absolute atomic E-state index is 0.464. The Balaban J connectivity index is 3.65. The monoisotopic (exact) mass is 335 g/mol. The summed E-state index contributed by atoms with van der Waals surface area (Å²) < 4.78 is 11.7. The molecule has 0 aromatic carbocycles. The lowest BCUT2D eigenvalue weighted by Gasteiger charge is -2.33. The van der Waals surface area contributed by atoms with Crippen LogP contribution < -0.4 is 5.32 Å². The molecule has 0 atom stereocenters. The van der Waals surface area contributed by atoms with Crippen LogP contribution in [0.25, 0.3) is 0 Å². The topological polar surface area (TPSA) is 69.6 Å². The zero-order valence-corrected chi connectivity index (χ0v) is 15.8. The van der Waals surface area contributed by atoms with E-state index in [9.17, 15) is 14.4 Å². The van der Waals surface area contributed by atoms with Gasteiger partial charge in [-0.05, 0) is 25.8 Å². The summed E-state index contributed by atoms with van der Waals surface area (Å²) in [4.78, 5) is 19.1. The number of hydrogen-bond donors (Lipinski definition) is 3. The van der Waals surface area contributed by atoms with Crippen LogP contribution in [0.4, 0.5) is 0 Å². The van der Waals surface area contributed by atoms with E-state index in [4.69, 9.17) is 0 Å². The second-order valence-electron chi connectivity index (χ2n) is 6.39. The Bertz CT molecular complexity index is 300. The predicted molar refractivity (Wildman–Crippen MR) is 95.2 cm³/mol. The molecule has 5 heteroatoms. The second kappa shape index (κ2) is 12.5. The number of unbranched alkanes of at least 4 members (excludes halogenated alkanes) is 9. The first-order valence-corrected chi connectivity index (χ1v) is 10.9. The summed E-state index contributed by atoms with van der Waals surface area (Å²) in [5, 5.41) is 2.11. The van der Waals surface area contributed by atoms with Crippen LogP contribution in [0.2, 0.25) is 0 Å². The Kier molecular flexibility index (Phi) is 12.6. The molecule has 22 heavy (non-hydrogen) atoms. The van der Waals surface area contributed by atoms with Crippen molar-refractivity contribution in [3.8, 4) is 0 Å². The van der Waals surface area contributed by atoms with E-state index in [0.29, 0.717) is 19.4 Å². The van der Waals surface area contributed by atoms with Crippen molar-refractivity contribution in [2.24, 2.45) is 0 Å². The normalized spacial score (nSPS) is 12.8. The van der Waals surface area contributed by atoms with Gasteiger partial charge >= 0.3 is 7.60 Å². The summed E-state index contributed by atoms with van der Waals surface area (Å²) in [6.45, 7) is 6.62. The lowest BCUT2D eigenvalue weighted by molar-refractivity contribution is 0.283. The molecule has 0 fully saturated rings. The quantitative estimate of drug-likeness (QED) is 0.284. The van der Waals surface area contributed by atoms with E-state index in [0.717, 1.165) is 12.8 Å². The largest absolute Gasteiger partial charge is 0.345 e. The third-order valence-corrected chi connectivity index (χ3v) is 6.62. The first kappa shape index (κ1) is 22.1. The molecule has 0 aromatic heterocycles. The predicted octanol–water partition coefficient (Wildman–Crippen LogP) is 5.19. The van der Waals surface area contributed by atoms with Crippen LogP contribution in [0.3, 0.4) is 0 Å². The molecule has 0 unspecified atom stereocenters. The smallest absolute Gasteiger partial charge is 0.323 e. The molecule has 0 bridgehead atoms. The van der Waals surface area contributed by atoms with Gasteiger partial charge in [0.05, 0.1) is 0 Å². The van der Waals surface area contributed by atoms with Crippen molar-refractivity contribution in [2.75, 3.05) is 6.54 Å². The van der Waals surface area contributed by atoms with Crippen molar-refractivity contribution in [3.63, 3.8) is 0 Å². The zero-order valence-electron chi connectivity index (χ0n) is 14.9. The highest BCUT2D eigenvalue weighted by atomic mass is 31.2. The van der Waals surface area contributed by atoms with Gasteiger partial charge in [-0.3, -0.25) is 4.57 Å². The highest BCUT2D eigenvalue weighted by molar-refractivity contribution is 7.53. The first-order chi connectivity index (χ1) is 10.4. The molecule has 4 nitrogen and oxygen atoms in total. The van der Waals surface area contributed by atoms with Crippen LogP contribution in [-0.4, -0.2) is 21.6 Å². The van der Waals surface area contributed by atoms with Gasteiger partial charge < -0.3 is 15.1 Å². The van der Waals surface area contributed by atoms with Crippen LogP contribution in [0.5, 0.6) is 0 Å². The second-order valence-corrected chi connectivity index (χ2v) is 8.34. The first-order valence-electron chi connectivity index (χ1n) is 9.24. The van der Waals surface area contributed by atoms with E-state index in [1.165, 1.54) is 51.4 Å². The van der Waals surface area contributed by atoms with Crippen LogP contribution in [-0.2, 0) is 4.57 Å². The van der Waals surface area contributed by atoms with Gasteiger partial charge in [0, 0.05) is 0 Å². The molecule has 0 aliphatic heterocycles. The summed E-state index contributed by atoms with van der Waals surface area (Å²) >= 11 is 0. The number of nitrogens with one attached hydrogen (secondary N) is 1. The fourth-order valence-electron chi connectivity index (χ4n) is 2.95. The van der Waals surface area contributed by atoms with Gasteiger partial charge in [-0.1, -0.05) is 78.6 Å². The summed E-state index contributed by atoms with van der Waals surface area (Å²) in [6.07, 6.45) is 13.7. The van der Waals surface area contributed by atoms with Gasteiger partial charge in [0.1, 0.15) is 5.28 Å². The van der Waals surface area contributed by atoms with E-state index in [-0.39, 0.29) is 0 Å². The average Bonchev–Trinajstić information content (AvgIpc) is 2.47. The third kappa shape index (κ3) is 8.67. The summed E-state index contributed by atoms with van der Waals surface area (Å²) in [5.41, 5.74) is 0. The molecule has 0 aromatic rings. The van der Waals surface area contributed by atoms with E-state index >= 15 is 0 Å². The van der Waals surface area contributed by atoms with Gasteiger partial charge in [-0.25, -0.2) is 0 Å². The van der Waals surface area contributed by atoms with E-state index in [1.807, 2.05) is 13.8 Å². The Morgan fingerprint density at radius 1 is 0.773 bits per heavy atom. The van der Waals surface area contributed by atoms with Crippen LogP contribution in [0.1, 0.15) is 97.8 Å². The molecular formula is C17H38NO3P. The van der Waals surface area contributed by atoms with Crippen LogP contribution in [0.15, 0.2) is 0 Å². The molecule has 0 saturated heterocycles. The van der Waals surface area contributed by atoms with Gasteiger partial charge in [0.2, 0.25) is 0 Å². The standard InChI is InChI=1S/C17H38NO3P/c1-4-7-8-9-10-11-12-13-14-15-16-18-17(5-2,6-3)22(19,20)21/h18H,4-16H2,1-3H3,(H2,19,20,21). The molecule has 0 heterocycles. The fourth-order valence-corrected chi connectivity index (χ4v) is 4.09. The molecule has 0 saturated carbocycles. The maximum atomic E-state index is 11.7. The maximum Gasteiger partial charge on any atom is 0.345 e. The summed E-state index contributed by atoms with van der Waals surface area (Å²) in [7, 11) is -4.10. The summed E-state index contributed by atoms with van der Waals surface area (Å²) in [5.74, 6) is 0. The maximum absolute atomic E-state index is 11.7. The van der Waals surface area contributed by atoms with E-state index in [2.05, 4.69) is 12.2 Å². The van der Waals surface area contributed by atoms with Gasteiger partial charge in [-0.15, -0.1) is 0 Å².